The van der Waals surface area contributed by atoms with Gasteiger partial charge < -0.3 is 4.74 Å². The van der Waals surface area contributed by atoms with Crippen LogP contribution in [0.25, 0.3) is 22.3 Å². The third kappa shape index (κ3) is 5.74. The van der Waals surface area contributed by atoms with Gasteiger partial charge in [0.15, 0.2) is 0 Å². The number of ether oxygens (including phenoxy) is 1. The fourth-order valence-electron chi connectivity index (χ4n) is 3.55. The second kappa shape index (κ2) is 11.2. The first kappa shape index (κ1) is 21.7. The van der Waals surface area contributed by atoms with Crippen molar-refractivity contribution in [1.29, 1.82) is 5.26 Å². The van der Waals surface area contributed by atoms with Gasteiger partial charge in [0.25, 0.3) is 0 Å². The van der Waals surface area contributed by atoms with E-state index < -0.39 is 0 Å². The average molecular weight is 398 g/mol. The normalized spacial score (nSPS) is 10.6. The van der Waals surface area contributed by atoms with Gasteiger partial charge >= 0.3 is 0 Å². The zero-order valence-corrected chi connectivity index (χ0v) is 18.2. The van der Waals surface area contributed by atoms with E-state index in [9.17, 15) is 5.26 Å². The molecular formula is C28H31NO. The summed E-state index contributed by atoms with van der Waals surface area (Å²) in [5, 5.41) is 9.50. The van der Waals surface area contributed by atoms with Crippen LogP contribution in [0.1, 0.15) is 57.1 Å². The predicted molar refractivity (Wildman–Crippen MR) is 126 cm³/mol. The number of hydrogen-bond donors (Lipinski definition) is 0. The highest BCUT2D eigenvalue weighted by Gasteiger charge is 2.07. The summed E-state index contributed by atoms with van der Waals surface area (Å²) in [6, 6.07) is 25.6. The number of benzene rings is 3. The third-order valence-corrected chi connectivity index (χ3v) is 5.43. The van der Waals surface area contributed by atoms with Gasteiger partial charge in [-0.3, -0.25) is 0 Å². The SMILES string of the molecule is CCCCCc1ccc(-c2ccc(-c3ccc(OCCCC)c(C#N)c3)cc2)cc1. The summed E-state index contributed by atoms with van der Waals surface area (Å²) in [6.45, 7) is 5.02. The molecule has 30 heavy (non-hydrogen) atoms. The summed E-state index contributed by atoms with van der Waals surface area (Å²) in [5.41, 5.74) is 6.58. The molecule has 0 N–H and O–H groups in total. The maximum absolute atomic E-state index is 9.50. The van der Waals surface area contributed by atoms with E-state index in [-0.39, 0.29) is 0 Å². The van der Waals surface area contributed by atoms with Gasteiger partial charge in [-0.1, -0.05) is 87.7 Å². The van der Waals surface area contributed by atoms with Crippen LogP contribution in [0.2, 0.25) is 0 Å². The molecule has 0 radical (unpaired) electrons. The molecule has 0 saturated heterocycles. The van der Waals surface area contributed by atoms with Crippen molar-refractivity contribution in [2.24, 2.45) is 0 Å². The van der Waals surface area contributed by atoms with Gasteiger partial charge in [0.2, 0.25) is 0 Å². The molecule has 0 atom stereocenters. The van der Waals surface area contributed by atoms with Crippen molar-refractivity contribution in [3.63, 3.8) is 0 Å². The van der Waals surface area contributed by atoms with E-state index in [1.165, 1.54) is 36.0 Å². The number of nitrogens with zero attached hydrogens (tertiary/aromatic N) is 1. The molecule has 2 nitrogen and oxygen atoms in total. The summed E-state index contributed by atoms with van der Waals surface area (Å²) in [5.74, 6) is 0.672. The standard InChI is InChI=1S/C28H31NO/c1-3-5-7-8-22-9-11-23(12-10-22)24-13-15-25(16-14-24)26-17-18-28(27(20-26)21-29)30-19-6-4-2/h9-18,20H,3-8,19H2,1-2H3. The van der Waals surface area contributed by atoms with Gasteiger partial charge in [-0.05, 0) is 59.2 Å². The smallest absolute Gasteiger partial charge is 0.137 e. The zero-order chi connectivity index (χ0) is 21.2. The first-order valence-electron chi connectivity index (χ1n) is 11.1. The monoisotopic (exact) mass is 397 g/mol. The Balaban J connectivity index is 1.71. The molecule has 0 bridgehead atoms. The van der Waals surface area contributed by atoms with Crippen molar-refractivity contribution in [2.45, 2.75) is 52.4 Å². The summed E-state index contributed by atoms with van der Waals surface area (Å²) < 4.78 is 5.75. The molecule has 0 unspecified atom stereocenters. The van der Waals surface area contributed by atoms with Crippen LogP contribution in [0.5, 0.6) is 5.75 Å². The van der Waals surface area contributed by atoms with Crippen LogP contribution >= 0.6 is 0 Å². The second-order valence-electron chi connectivity index (χ2n) is 7.76. The Kier molecular flexibility index (Phi) is 8.10. The summed E-state index contributed by atoms with van der Waals surface area (Å²) in [6.07, 6.45) is 7.04. The largest absolute Gasteiger partial charge is 0.492 e. The minimum absolute atomic E-state index is 0.589. The van der Waals surface area contributed by atoms with Gasteiger partial charge in [-0.2, -0.15) is 5.26 Å². The minimum Gasteiger partial charge on any atom is -0.492 e. The molecule has 0 aliphatic heterocycles. The highest BCUT2D eigenvalue weighted by Crippen LogP contribution is 2.29. The first-order chi connectivity index (χ1) is 14.7. The van der Waals surface area contributed by atoms with E-state index in [1.807, 2.05) is 18.2 Å². The minimum atomic E-state index is 0.589. The molecule has 0 amide bonds. The van der Waals surface area contributed by atoms with Crippen LogP contribution in [-0.4, -0.2) is 6.61 Å². The Hall–Kier alpha value is -3.05. The van der Waals surface area contributed by atoms with Crippen molar-refractivity contribution >= 4 is 0 Å². The Morgan fingerprint density at radius 3 is 1.87 bits per heavy atom. The van der Waals surface area contributed by atoms with Crippen LogP contribution in [0, 0.1) is 11.3 Å². The summed E-state index contributed by atoms with van der Waals surface area (Å²) in [7, 11) is 0. The van der Waals surface area contributed by atoms with Crippen molar-refractivity contribution in [3.8, 4) is 34.1 Å². The molecule has 0 spiro atoms. The maximum atomic E-state index is 9.50. The quantitative estimate of drug-likeness (QED) is 0.327. The van der Waals surface area contributed by atoms with Gasteiger partial charge in [-0.15, -0.1) is 0 Å². The third-order valence-electron chi connectivity index (χ3n) is 5.43. The molecule has 154 valence electrons. The molecule has 3 rings (SSSR count). The molecule has 0 fully saturated rings. The Morgan fingerprint density at radius 1 is 0.700 bits per heavy atom. The van der Waals surface area contributed by atoms with Crippen LogP contribution < -0.4 is 4.74 Å². The second-order valence-corrected chi connectivity index (χ2v) is 7.76. The number of aryl methyl sites for hydroxylation is 1. The number of nitriles is 1. The molecule has 3 aromatic rings. The van der Waals surface area contributed by atoms with Crippen LogP contribution in [0.15, 0.2) is 66.7 Å². The molecule has 0 aromatic heterocycles. The lowest BCUT2D eigenvalue weighted by molar-refractivity contribution is 0.308. The van der Waals surface area contributed by atoms with E-state index in [1.54, 1.807) is 0 Å². The highest BCUT2D eigenvalue weighted by atomic mass is 16.5. The van der Waals surface area contributed by atoms with Crippen LogP contribution in [0.4, 0.5) is 0 Å². The van der Waals surface area contributed by atoms with Gasteiger partial charge in [0.1, 0.15) is 11.8 Å². The molecule has 3 aromatic carbocycles. The van der Waals surface area contributed by atoms with E-state index in [2.05, 4.69) is 68.4 Å². The van der Waals surface area contributed by atoms with Crippen molar-refractivity contribution in [1.82, 2.24) is 0 Å². The van der Waals surface area contributed by atoms with Gasteiger partial charge in [0, 0.05) is 0 Å². The van der Waals surface area contributed by atoms with Crippen molar-refractivity contribution < 1.29 is 4.74 Å². The van der Waals surface area contributed by atoms with E-state index in [4.69, 9.17) is 4.74 Å². The molecule has 0 saturated carbocycles. The maximum Gasteiger partial charge on any atom is 0.137 e. The number of unbranched alkanes of at least 4 members (excludes halogenated alkanes) is 3. The van der Waals surface area contributed by atoms with E-state index in [0.717, 1.165) is 30.4 Å². The topological polar surface area (TPSA) is 33.0 Å². The summed E-state index contributed by atoms with van der Waals surface area (Å²) >= 11 is 0. The van der Waals surface area contributed by atoms with E-state index >= 15 is 0 Å². The Morgan fingerprint density at radius 2 is 1.27 bits per heavy atom. The Bertz CT molecular complexity index is 965. The molecular weight excluding hydrogens is 366 g/mol. The first-order valence-corrected chi connectivity index (χ1v) is 11.1. The lowest BCUT2D eigenvalue weighted by atomic mass is 9.98. The number of rotatable bonds is 10. The Labute approximate surface area is 181 Å². The van der Waals surface area contributed by atoms with E-state index in [0.29, 0.717) is 17.9 Å². The van der Waals surface area contributed by atoms with Gasteiger partial charge in [0.05, 0.1) is 12.2 Å². The lowest BCUT2D eigenvalue weighted by Crippen LogP contribution is -1.98. The number of hydrogen-bond acceptors (Lipinski definition) is 2. The van der Waals surface area contributed by atoms with Crippen molar-refractivity contribution in [2.75, 3.05) is 6.61 Å². The van der Waals surface area contributed by atoms with Gasteiger partial charge in [-0.25, -0.2) is 0 Å². The fraction of sp³-hybridized carbons (Fsp3) is 0.321. The fourth-order valence-corrected chi connectivity index (χ4v) is 3.55. The predicted octanol–water partition coefficient (Wildman–Crippen LogP) is 7.80. The molecule has 0 heterocycles. The molecule has 0 aliphatic carbocycles. The molecule has 2 heteroatoms. The molecule has 0 aliphatic rings. The van der Waals surface area contributed by atoms with Crippen molar-refractivity contribution in [3.05, 3.63) is 77.9 Å². The highest BCUT2D eigenvalue weighted by molar-refractivity contribution is 5.72. The van der Waals surface area contributed by atoms with Crippen LogP contribution in [0.3, 0.4) is 0 Å². The zero-order valence-electron chi connectivity index (χ0n) is 18.2. The van der Waals surface area contributed by atoms with Crippen LogP contribution in [-0.2, 0) is 6.42 Å². The lowest BCUT2D eigenvalue weighted by Gasteiger charge is -2.10. The average Bonchev–Trinajstić information content (AvgIpc) is 2.80. The summed E-state index contributed by atoms with van der Waals surface area (Å²) in [4.78, 5) is 0.